The standard InChI is InChI=1S/C16H20N2O3/c1-3-4-5-10-21-13-8-6-12(7-9-13)15-14(16(19)20)11(2)17-18-15/h6-9H,3-5,10H2,1-2H3,(H,17,18)(H,19,20). The summed E-state index contributed by atoms with van der Waals surface area (Å²) in [6.07, 6.45) is 3.37. The highest BCUT2D eigenvalue weighted by Gasteiger charge is 2.18. The van der Waals surface area contributed by atoms with Gasteiger partial charge in [0.2, 0.25) is 0 Å². The van der Waals surface area contributed by atoms with E-state index in [1.165, 1.54) is 6.42 Å². The Hall–Kier alpha value is -2.30. The number of carboxylic acids is 1. The molecule has 1 heterocycles. The molecular weight excluding hydrogens is 268 g/mol. The van der Waals surface area contributed by atoms with Gasteiger partial charge in [-0.15, -0.1) is 0 Å². The second-order valence-corrected chi connectivity index (χ2v) is 4.96. The monoisotopic (exact) mass is 288 g/mol. The Balaban J connectivity index is 2.10. The fourth-order valence-corrected chi connectivity index (χ4v) is 2.15. The van der Waals surface area contributed by atoms with Crippen molar-refractivity contribution in [1.82, 2.24) is 10.2 Å². The highest BCUT2D eigenvalue weighted by molar-refractivity contribution is 5.96. The van der Waals surface area contributed by atoms with Crippen LogP contribution in [0, 0.1) is 6.92 Å². The molecule has 1 aromatic heterocycles. The lowest BCUT2D eigenvalue weighted by Crippen LogP contribution is -2.00. The smallest absolute Gasteiger partial charge is 0.339 e. The molecule has 0 saturated carbocycles. The van der Waals surface area contributed by atoms with Gasteiger partial charge in [0, 0.05) is 11.3 Å². The van der Waals surface area contributed by atoms with E-state index in [1.54, 1.807) is 6.92 Å². The number of carbonyl (C=O) groups is 1. The van der Waals surface area contributed by atoms with E-state index in [0.717, 1.165) is 24.2 Å². The number of hydrogen-bond donors (Lipinski definition) is 2. The lowest BCUT2D eigenvalue weighted by atomic mass is 10.1. The highest BCUT2D eigenvalue weighted by atomic mass is 16.5. The van der Waals surface area contributed by atoms with Gasteiger partial charge in [-0.2, -0.15) is 5.10 Å². The molecule has 0 amide bonds. The van der Waals surface area contributed by atoms with E-state index in [4.69, 9.17) is 4.74 Å². The Kier molecular flexibility index (Phi) is 4.98. The Morgan fingerprint density at radius 3 is 2.62 bits per heavy atom. The number of nitrogens with one attached hydrogen (secondary N) is 1. The fourth-order valence-electron chi connectivity index (χ4n) is 2.15. The lowest BCUT2D eigenvalue weighted by Gasteiger charge is -2.06. The average molecular weight is 288 g/mol. The molecule has 2 rings (SSSR count). The Morgan fingerprint density at radius 1 is 1.29 bits per heavy atom. The number of unbranched alkanes of at least 4 members (excludes halogenated alkanes) is 2. The molecule has 112 valence electrons. The van der Waals surface area contributed by atoms with Gasteiger partial charge < -0.3 is 9.84 Å². The molecule has 2 N–H and O–H groups in total. The molecule has 0 aliphatic heterocycles. The predicted molar refractivity (Wildman–Crippen MR) is 80.7 cm³/mol. The maximum atomic E-state index is 11.3. The van der Waals surface area contributed by atoms with Gasteiger partial charge in [-0.25, -0.2) is 4.79 Å². The van der Waals surface area contributed by atoms with E-state index in [1.807, 2.05) is 24.3 Å². The first-order chi connectivity index (χ1) is 10.1. The summed E-state index contributed by atoms with van der Waals surface area (Å²) in [5.41, 5.74) is 1.99. The summed E-state index contributed by atoms with van der Waals surface area (Å²) in [4.78, 5) is 11.3. The summed E-state index contributed by atoms with van der Waals surface area (Å²) >= 11 is 0. The first kappa shape index (κ1) is 15.1. The molecule has 0 atom stereocenters. The molecule has 5 heteroatoms. The lowest BCUT2D eigenvalue weighted by molar-refractivity contribution is 0.0697. The molecule has 0 unspecified atom stereocenters. The first-order valence-corrected chi connectivity index (χ1v) is 7.15. The highest BCUT2D eigenvalue weighted by Crippen LogP contribution is 2.25. The SMILES string of the molecule is CCCCCOc1ccc(-c2n[nH]c(C)c2C(=O)O)cc1. The van der Waals surface area contributed by atoms with Crippen molar-refractivity contribution in [2.75, 3.05) is 6.61 Å². The van der Waals surface area contributed by atoms with Crippen LogP contribution in [-0.4, -0.2) is 27.9 Å². The maximum absolute atomic E-state index is 11.3. The van der Waals surface area contributed by atoms with Crippen molar-refractivity contribution in [2.45, 2.75) is 33.1 Å². The number of aromatic nitrogens is 2. The number of carboxylic acid groups (broad SMARTS) is 1. The first-order valence-electron chi connectivity index (χ1n) is 7.15. The molecule has 0 aliphatic rings. The Bertz CT molecular complexity index is 602. The zero-order valence-corrected chi connectivity index (χ0v) is 12.3. The van der Waals surface area contributed by atoms with Crippen molar-refractivity contribution in [3.63, 3.8) is 0 Å². The normalized spacial score (nSPS) is 10.6. The Labute approximate surface area is 124 Å². The average Bonchev–Trinajstić information content (AvgIpc) is 2.86. The number of H-pyrrole nitrogens is 1. The van der Waals surface area contributed by atoms with Crippen LogP contribution in [0.5, 0.6) is 5.75 Å². The van der Waals surface area contributed by atoms with Crippen LogP contribution >= 0.6 is 0 Å². The van der Waals surface area contributed by atoms with E-state index < -0.39 is 5.97 Å². The quantitative estimate of drug-likeness (QED) is 0.762. The predicted octanol–water partition coefficient (Wildman–Crippen LogP) is 3.65. The van der Waals surface area contributed by atoms with Crippen LogP contribution in [0.15, 0.2) is 24.3 Å². The van der Waals surface area contributed by atoms with Crippen LogP contribution in [0.25, 0.3) is 11.3 Å². The number of aromatic amines is 1. The number of hydrogen-bond acceptors (Lipinski definition) is 3. The molecular formula is C16H20N2O3. The number of benzene rings is 1. The third kappa shape index (κ3) is 3.62. The molecule has 0 radical (unpaired) electrons. The van der Waals surface area contributed by atoms with E-state index >= 15 is 0 Å². The summed E-state index contributed by atoms with van der Waals surface area (Å²) in [6.45, 7) is 4.56. The minimum atomic E-state index is -0.976. The van der Waals surface area contributed by atoms with Crippen molar-refractivity contribution in [3.05, 3.63) is 35.5 Å². The molecule has 21 heavy (non-hydrogen) atoms. The minimum Gasteiger partial charge on any atom is -0.494 e. The molecule has 0 aliphatic carbocycles. The van der Waals surface area contributed by atoms with Crippen molar-refractivity contribution < 1.29 is 14.6 Å². The van der Waals surface area contributed by atoms with Gasteiger partial charge in [-0.3, -0.25) is 5.10 Å². The summed E-state index contributed by atoms with van der Waals surface area (Å²) in [5.74, 6) is -0.185. The van der Waals surface area contributed by atoms with Gasteiger partial charge in [-0.1, -0.05) is 19.8 Å². The van der Waals surface area contributed by atoms with Gasteiger partial charge in [-0.05, 0) is 37.6 Å². The number of ether oxygens (including phenoxy) is 1. The topological polar surface area (TPSA) is 75.2 Å². The van der Waals surface area contributed by atoms with Gasteiger partial charge in [0.25, 0.3) is 0 Å². The second-order valence-electron chi connectivity index (χ2n) is 4.96. The van der Waals surface area contributed by atoms with E-state index in [9.17, 15) is 9.90 Å². The van der Waals surface area contributed by atoms with Crippen molar-refractivity contribution in [1.29, 1.82) is 0 Å². The Morgan fingerprint density at radius 2 is 2.00 bits per heavy atom. The fraction of sp³-hybridized carbons (Fsp3) is 0.375. The third-order valence-electron chi connectivity index (χ3n) is 3.31. The van der Waals surface area contributed by atoms with Crippen LogP contribution in [-0.2, 0) is 0 Å². The number of nitrogens with zero attached hydrogens (tertiary/aromatic N) is 1. The molecule has 0 saturated heterocycles. The number of aromatic carboxylic acids is 1. The van der Waals surface area contributed by atoms with E-state index in [2.05, 4.69) is 17.1 Å². The summed E-state index contributed by atoms with van der Waals surface area (Å²) in [5, 5.41) is 16.0. The van der Waals surface area contributed by atoms with Crippen LogP contribution in [0.1, 0.15) is 42.2 Å². The molecule has 0 fully saturated rings. The van der Waals surface area contributed by atoms with Crippen LogP contribution in [0.2, 0.25) is 0 Å². The van der Waals surface area contributed by atoms with Crippen LogP contribution in [0.4, 0.5) is 0 Å². The zero-order valence-electron chi connectivity index (χ0n) is 12.3. The largest absolute Gasteiger partial charge is 0.494 e. The van der Waals surface area contributed by atoms with E-state index in [-0.39, 0.29) is 5.56 Å². The van der Waals surface area contributed by atoms with E-state index in [0.29, 0.717) is 18.0 Å². The molecule has 0 bridgehead atoms. The summed E-state index contributed by atoms with van der Waals surface area (Å²) in [6, 6.07) is 7.35. The minimum absolute atomic E-state index is 0.214. The molecule has 0 spiro atoms. The molecule has 5 nitrogen and oxygen atoms in total. The maximum Gasteiger partial charge on any atom is 0.339 e. The summed E-state index contributed by atoms with van der Waals surface area (Å²) < 4.78 is 5.64. The van der Waals surface area contributed by atoms with Crippen LogP contribution < -0.4 is 4.74 Å². The van der Waals surface area contributed by atoms with Crippen molar-refractivity contribution in [2.24, 2.45) is 0 Å². The van der Waals surface area contributed by atoms with Gasteiger partial charge >= 0.3 is 5.97 Å². The number of rotatable bonds is 7. The molecule has 2 aromatic rings. The van der Waals surface area contributed by atoms with Gasteiger partial charge in [0.05, 0.1) is 6.61 Å². The van der Waals surface area contributed by atoms with Gasteiger partial charge in [0.15, 0.2) is 0 Å². The molecule has 1 aromatic carbocycles. The zero-order chi connectivity index (χ0) is 15.2. The van der Waals surface area contributed by atoms with Crippen LogP contribution in [0.3, 0.4) is 0 Å². The summed E-state index contributed by atoms with van der Waals surface area (Å²) in [7, 11) is 0. The van der Waals surface area contributed by atoms with Crippen molar-refractivity contribution >= 4 is 5.97 Å². The third-order valence-corrected chi connectivity index (χ3v) is 3.31. The van der Waals surface area contributed by atoms with Gasteiger partial charge in [0.1, 0.15) is 17.0 Å². The van der Waals surface area contributed by atoms with Crippen molar-refractivity contribution in [3.8, 4) is 17.0 Å². The second kappa shape index (κ2) is 6.92. The number of aryl methyl sites for hydroxylation is 1.